The number of aliphatic carboxylic acids is 1. The van der Waals surface area contributed by atoms with E-state index in [-0.39, 0.29) is 12.3 Å². The van der Waals surface area contributed by atoms with Crippen LogP contribution in [0.1, 0.15) is 26.2 Å². The number of nitrogens with zero attached hydrogens (tertiary/aromatic N) is 1. The SMILES string of the molecule is CC[C@@H]1CNCC[C@@]1(CC#N)C(=O)O. The fourth-order valence-electron chi connectivity index (χ4n) is 2.25. The first-order valence-electron chi connectivity index (χ1n) is 4.98. The van der Waals surface area contributed by atoms with Crippen LogP contribution in [0.5, 0.6) is 0 Å². The Labute approximate surface area is 83.9 Å². The van der Waals surface area contributed by atoms with Gasteiger partial charge in [0.1, 0.15) is 0 Å². The van der Waals surface area contributed by atoms with Crippen molar-refractivity contribution in [1.82, 2.24) is 5.32 Å². The number of carbonyl (C=O) groups is 1. The van der Waals surface area contributed by atoms with Gasteiger partial charge in [0.05, 0.1) is 17.9 Å². The van der Waals surface area contributed by atoms with Crippen molar-refractivity contribution in [2.45, 2.75) is 26.2 Å². The van der Waals surface area contributed by atoms with E-state index in [0.29, 0.717) is 19.5 Å². The van der Waals surface area contributed by atoms with Gasteiger partial charge in [-0.15, -0.1) is 0 Å². The van der Waals surface area contributed by atoms with Gasteiger partial charge >= 0.3 is 5.97 Å². The molecule has 78 valence electrons. The van der Waals surface area contributed by atoms with E-state index < -0.39 is 11.4 Å². The lowest BCUT2D eigenvalue weighted by molar-refractivity contribution is -0.154. The van der Waals surface area contributed by atoms with Crippen LogP contribution in [0.15, 0.2) is 0 Å². The standard InChI is InChI=1S/C10H16N2O2/c1-2-8-7-12-6-4-10(8,3-5-11)9(13)14/h8,12H,2-4,6-7H2,1H3,(H,13,14)/t8-,10-/m1/s1. The molecule has 1 aliphatic heterocycles. The number of nitrogens with one attached hydrogen (secondary N) is 1. The van der Waals surface area contributed by atoms with E-state index in [2.05, 4.69) is 5.32 Å². The molecule has 2 atom stereocenters. The Morgan fingerprint density at radius 1 is 1.79 bits per heavy atom. The summed E-state index contributed by atoms with van der Waals surface area (Å²) in [5.74, 6) is -0.735. The Bertz CT molecular complexity index is 259. The van der Waals surface area contributed by atoms with Gasteiger partial charge in [-0.25, -0.2) is 0 Å². The second-order valence-corrected chi connectivity index (χ2v) is 3.86. The molecule has 14 heavy (non-hydrogen) atoms. The summed E-state index contributed by atoms with van der Waals surface area (Å²) < 4.78 is 0. The normalized spacial score (nSPS) is 32.1. The maximum atomic E-state index is 11.3. The van der Waals surface area contributed by atoms with Crippen LogP contribution in [0.25, 0.3) is 0 Å². The summed E-state index contributed by atoms with van der Waals surface area (Å²) in [5.41, 5.74) is -0.811. The van der Waals surface area contributed by atoms with E-state index in [1.807, 2.05) is 13.0 Å². The molecule has 1 heterocycles. The van der Waals surface area contributed by atoms with Crippen LogP contribution >= 0.6 is 0 Å². The highest BCUT2D eigenvalue weighted by atomic mass is 16.4. The molecular formula is C10H16N2O2. The molecule has 0 saturated carbocycles. The maximum absolute atomic E-state index is 11.3. The molecule has 1 rings (SSSR count). The highest BCUT2D eigenvalue weighted by Crippen LogP contribution is 2.39. The van der Waals surface area contributed by atoms with Crippen LogP contribution in [0.2, 0.25) is 0 Å². The molecule has 0 aromatic carbocycles. The smallest absolute Gasteiger partial charge is 0.311 e. The maximum Gasteiger partial charge on any atom is 0.311 e. The van der Waals surface area contributed by atoms with Gasteiger partial charge in [-0.3, -0.25) is 4.79 Å². The number of piperidine rings is 1. The molecule has 0 aromatic rings. The van der Waals surface area contributed by atoms with Crippen LogP contribution < -0.4 is 5.32 Å². The molecule has 0 bridgehead atoms. The third kappa shape index (κ3) is 1.73. The summed E-state index contributed by atoms with van der Waals surface area (Å²) >= 11 is 0. The summed E-state index contributed by atoms with van der Waals surface area (Å²) in [5, 5.41) is 21.1. The van der Waals surface area contributed by atoms with Crippen LogP contribution in [0.3, 0.4) is 0 Å². The van der Waals surface area contributed by atoms with Crippen molar-refractivity contribution >= 4 is 5.97 Å². The number of nitriles is 1. The Morgan fingerprint density at radius 2 is 2.50 bits per heavy atom. The van der Waals surface area contributed by atoms with Gasteiger partial charge in [0.2, 0.25) is 0 Å². The monoisotopic (exact) mass is 196 g/mol. The zero-order valence-electron chi connectivity index (χ0n) is 8.42. The minimum Gasteiger partial charge on any atom is -0.481 e. The molecule has 0 unspecified atom stereocenters. The average Bonchev–Trinajstić information content (AvgIpc) is 2.18. The van der Waals surface area contributed by atoms with Crippen LogP contribution in [-0.4, -0.2) is 24.2 Å². The van der Waals surface area contributed by atoms with Gasteiger partial charge < -0.3 is 10.4 Å². The zero-order valence-corrected chi connectivity index (χ0v) is 8.42. The summed E-state index contributed by atoms with van der Waals surface area (Å²) in [6.45, 7) is 3.39. The Balaban J connectivity index is 2.91. The van der Waals surface area contributed by atoms with Gasteiger partial charge in [0.25, 0.3) is 0 Å². The van der Waals surface area contributed by atoms with Gasteiger partial charge in [0, 0.05) is 0 Å². The molecule has 0 aromatic heterocycles. The fraction of sp³-hybridized carbons (Fsp3) is 0.800. The number of hydrogen-bond donors (Lipinski definition) is 2. The topological polar surface area (TPSA) is 73.1 Å². The van der Waals surface area contributed by atoms with Crippen molar-refractivity contribution in [3.63, 3.8) is 0 Å². The van der Waals surface area contributed by atoms with Crippen molar-refractivity contribution in [2.75, 3.05) is 13.1 Å². The highest BCUT2D eigenvalue weighted by molar-refractivity contribution is 5.75. The van der Waals surface area contributed by atoms with Gasteiger partial charge in [-0.05, 0) is 25.4 Å². The van der Waals surface area contributed by atoms with E-state index in [1.165, 1.54) is 0 Å². The van der Waals surface area contributed by atoms with Crippen molar-refractivity contribution in [1.29, 1.82) is 5.26 Å². The molecular weight excluding hydrogens is 180 g/mol. The first-order chi connectivity index (χ1) is 6.67. The summed E-state index contributed by atoms with van der Waals surface area (Å²) in [7, 11) is 0. The number of carboxylic acids is 1. The number of rotatable bonds is 3. The van der Waals surface area contributed by atoms with Crippen molar-refractivity contribution in [3.05, 3.63) is 0 Å². The van der Waals surface area contributed by atoms with Crippen molar-refractivity contribution < 1.29 is 9.90 Å². The quantitative estimate of drug-likeness (QED) is 0.706. The van der Waals surface area contributed by atoms with Crippen molar-refractivity contribution in [2.24, 2.45) is 11.3 Å². The summed E-state index contributed by atoms with van der Waals surface area (Å²) in [4.78, 5) is 11.3. The lowest BCUT2D eigenvalue weighted by Gasteiger charge is -2.39. The van der Waals surface area contributed by atoms with E-state index >= 15 is 0 Å². The van der Waals surface area contributed by atoms with Gasteiger partial charge in [-0.1, -0.05) is 13.3 Å². The number of hydrogen-bond acceptors (Lipinski definition) is 3. The minimum absolute atomic E-state index is 0.0772. The second-order valence-electron chi connectivity index (χ2n) is 3.86. The zero-order chi connectivity index (χ0) is 10.6. The Kier molecular flexibility index (Phi) is 3.48. The third-order valence-electron chi connectivity index (χ3n) is 3.23. The first-order valence-corrected chi connectivity index (χ1v) is 4.98. The molecule has 0 aliphatic carbocycles. The summed E-state index contributed by atoms with van der Waals surface area (Å²) in [6.07, 6.45) is 1.50. The molecule has 0 radical (unpaired) electrons. The largest absolute Gasteiger partial charge is 0.481 e. The Hall–Kier alpha value is -1.08. The fourth-order valence-corrected chi connectivity index (χ4v) is 2.25. The molecule has 4 nitrogen and oxygen atoms in total. The minimum atomic E-state index is -0.813. The molecule has 0 spiro atoms. The van der Waals surface area contributed by atoms with Crippen LogP contribution in [-0.2, 0) is 4.79 Å². The van der Waals surface area contributed by atoms with Gasteiger partial charge in [0.15, 0.2) is 0 Å². The molecule has 4 heteroatoms. The van der Waals surface area contributed by atoms with E-state index in [4.69, 9.17) is 5.26 Å². The molecule has 2 N–H and O–H groups in total. The first kappa shape index (κ1) is 11.0. The molecule has 0 amide bonds. The van der Waals surface area contributed by atoms with Gasteiger partial charge in [-0.2, -0.15) is 5.26 Å². The third-order valence-corrected chi connectivity index (χ3v) is 3.23. The highest BCUT2D eigenvalue weighted by Gasteiger charge is 2.46. The number of carboxylic acid groups (broad SMARTS) is 1. The lowest BCUT2D eigenvalue weighted by atomic mass is 9.68. The molecule has 1 saturated heterocycles. The summed E-state index contributed by atoms with van der Waals surface area (Å²) in [6, 6.07) is 2.02. The Morgan fingerprint density at radius 3 is 3.00 bits per heavy atom. The predicted molar refractivity (Wildman–Crippen MR) is 51.6 cm³/mol. The van der Waals surface area contributed by atoms with Crippen LogP contribution in [0, 0.1) is 22.7 Å². The molecule has 1 aliphatic rings. The lowest BCUT2D eigenvalue weighted by Crippen LogP contribution is -2.49. The average molecular weight is 196 g/mol. The second kappa shape index (κ2) is 4.43. The molecule has 1 fully saturated rings. The van der Waals surface area contributed by atoms with E-state index in [0.717, 1.165) is 6.42 Å². The van der Waals surface area contributed by atoms with E-state index in [1.54, 1.807) is 0 Å². The van der Waals surface area contributed by atoms with E-state index in [9.17, 15) is 9.90 Å². The predicted octanol–water partition coefficient (Wildman–Crippen LogP) is 0.991. The van der Waals surface area contributed by atoms with Crippen LogP contribution in [0.4, 0.5) is 0 Å². The van der Waals surface area contributed by atoms with Crippen molar-refractivity contribution in [3.8, 4) is 6.07 Å².